The summed E-state index contributed by atoms with van der Waals surface area (Å²) in [5, 5.41) is 3.47. The Kier molecular flexibility index (Phi) is 5.52. The first kappa shape index (κ1) is 14.4. The van der Waals surface area contributed by atoms with Gasteiger partial charge in [-0.3, -0.25) is 0 Å². The summed E-state index contributed by atoms with van der Waals surface area (Å²) in [5.74, 6) is 3.17. The number of hydrogen-bond acceptors (Lipinski definition) is 2. The highest BCUT2D eigenvalue weighted by Crippen LogP contribution is 2.24. The van der Waals surface area contributed by atoms with Crippen molar-refractivity contribution in [1.82, 2.24) is 5.32 Å². The molecule has 4 heteroatoms. The van der Waals surface area contributed by atoms with Gasteiger partial charge >= 0.3 is 0 Å². The Morgan fingerprint density at radius 2 is 2.17 bits per heavy atom. The Labute approximate surface area is 121 Å². The maximum absolute atomic E-state index is 13.7. The van der Waals surface area contributed by atoms with Crippen molar-refractivity contribution in [3.63, 3.8) is 0 Å². The zero-order valence-corrected chi connectivity index (χ0v) is 13.0. The smallest absolute Gasteiger partial charge is 0.128 e. The predicted octanol–water partition coefficient (Wildman–Crippen LogP) is 4.38. The van der Waals surface area contributed by atoms with E-state index < -0.39 is 0 Å². The Bertz CT molecular complexity index is 393. The lowest BCUT2D eigenvalue weighted by Gasteiger charge is -2.24. The third kappa shape index (κ3) is 3.97. The van der Waals surface area contributed by atoms with E-state index in [1.54, 1.807) is 6.07 Å². The molecule has 0 radical (unpaired) electrons. The molecule has 100 valence electrons. The van der Waals surface area contributed by atoms with Crippen molar-refractivity contribution in [3.8, 4) is 0 Å². The normalized spacial score (nSPS) is 18.8. The number of rotatable bonds is 4. The first-order valence-electron chi connectivity index (χ1n) is 6.43. The van der Waals surface area contributed by atoms with E-state index in [1.165, 1.54) is 30.4 Å². The van der Waals surface area contributed by atoms with Crippen LogP contribution in [0, 0.1) is 11.7 Å². The van der Waals surface area contributed by atoms with Gasteiger partial charge in [0, 0.05) is 16.1 Å². The summed E-state index contributed by atoms with van der Waals surface area (Å²) in [7, 11) is 0. The second-order valence-corrected chi connectivity index (χ2v) is 6.99. The van der Waals surface area contributed by atoms with Gasteiger partial charge in [0.05, 0.1) is 0 Å². The lowest BCUT2D eigenvalue weighted by Crippen LogP contribution is -2.28. The number of hydrogen-bond donors (Lipinski definition) is 1. The summed E-state index contributed by atoms with van der Waals surface area (Å²) in [6, 6.07) is 5.19. The quantitative estimate of drug-likeness (QED) is 0.878. The third-order valence-electron chi connectivity index (χ3n) is 3.48. The highest BCUT2D eigenvalue weighted by atomic mass is 79.9. The van der Waals surface area contributed by atoms with E-state index in [9.17, 15) is 4.39 Å². The van der Waals surface area contributed by atoms with Crippen LogP contribution in [0.5, 0.6) is 0 Å². The molecule has 0 aliphatic carbocycles. The van der Waals surface area contributed by atoms with Crippen LogP contribution in [-0.2, 0) is 0 Å². The zero-order valence-electron chi connectivity index (χ0n) is 10.6. The predicted molar refractivity (Wildman–Crippen MR) is 80.6 cm³/mol. The Balaban J connectivity index is 1.90. The number of thioether (sulfide) groups is 1. The standard InChI is InChI=1S/C14H19BrFNS/c1-10(13-8-12(15)2-3-14(13)16)17-9-11-4-6-18-7-5-11/h2-3,8,10-11,17H,4-7,9H2,1H3. The fourth-order valence-corrected chi connectivity index (χ4v) is 3.83. The van der Waals surface area contributed by atoms with Gasteiger partial charge in [-0.15, -0.1) is 0 Å². The van der Waals surface area contributed by atoms with Gasteiger partial charge in [0.15, 0.2) is 0 Å². The van der Waals surface area contributed by atoms with Crippen LogP contribution in [0.3, 0.4) is 0 Å². The summed E-state index contributed by atoms with van der Waals surface area (Å²) in [4.78, 5) is 0. The monoisotopic (exact) mass is 331 g/mol. The van der Waals surface area contributed by atoms with Crippen LogP contribution in [0.15, 0.2) is 22.7 Å². The second kappa shape index (κ2) is 6.92. The van der Waals surface area contributed by atoms with E-state index >= 15 is 0 Å². The summed E-state index contributed by atoms with van der Waals surface area (Å²) < 4.78 is 14.7. The van der Waals surface area contributed by atoms with Gasteiger partial charge in [0.1, 0.15) is 5.82 Å². The van der Waals surface area contributed by atoms with Crippen LogP contribution < -0.4 is 5.32 Å². The first-order chi connectivity index (χ1) is 8.66. The molecular formula is C14H19BrFNS. The molecule has 0 amide bonds. The van der Waals surface area contributed by atoms with Crippen LogP contribution in [0.25, 0.3) is 0 Å². The van der Waals surface area contributed by atoms with E-state index in [-0.39, 0.29) is 11.9 Å². The fourth-order valence-electron chi connectivity index (χ4n) is 2.25. The summed E-state index contributed by atoms with van der Waals surface area (Å²) in [6.07, 6.45) is 2.57. The van der Waals surface area contributed by atoms with E-state index in [0.717, 1.165) is 22.5 Å². The highest BCUT2D eigenvalue weighted by molar-refractivity contribution is 9.10. The summed E-state index contributed by atoms with van der Waals surface area (Å²) >= 11 is 5.43. The molecule has 18 heavy (non-hydrogen) atoms. The van der Waals surface area contributed by atoms with E-state index in [0.29, 0.717) is 0 Å². The average Bonchev–Trinajstić information content (AvgIpc) is 2.40. The minimum Gasteiger partial charge on any atom is -0.310 e. The maximum atomic E-state index is 13.7. The van der Waals surface area contributed by atoms with Crippen LogP contribution >= 0.6 is 27.7 Å². The van der Waals surface area contributed by atoms with E-state index in [4.69, 9.17) is 0 Å². The molecule has 0 spiro atoms. The molecule has 1 aromatic carbocycles. The zero-order chi connectivity index (χ0) is 13.0. The minimum absolute atomic E-state index is 0.0667. The Morgan fingerprint density at radius 3 is 2.89 bits per heavy atom. The van der Waals surface area contributed by atoms with Gasteiger partial charge in [-0.2, -0.15) is 11.8 Å². The van der Waals surface area contributed by atoms with Crippen molar-refractivity contribution in [3.05, 3.63) is 34.1 Å². The molecule has 1 saturated heterocycles. The van der Waals surface area contributed by atoms with Crippen LogP contribution in [0.2, 0.25) is 0 Å². The minimum atomic E-state index is -0.127. The molecule has 1 heterocycles. The van der Waals surface area contributed by atoms with Gasteiger partial charge in [-0.05, 0) is 61.9 Å². The maximum Gasteiger partial charge on any atom is 0.128 e. The number of benzene rings is 1. The van der Waals surface area contributed by atoms with E-state index in [2.05, 4.69) is 21.2 Å². The topological polar surface area (TPSA) is 12.0 Å². The van der Waals surface area contributed by atoms with E-state index in [1.807, 2.05) is 24.8 Å². The summed E-state index contributed by atoms with van der Waals surface area (Å²) in [5.41, 5.74) is 0.745. The molecule has 1 fully saturated rings. The lowest BCUT2D eigenvalue weighted by atomic mass is 10.0. The molecule has 0 aromatic heterocycles. The first-order valence-corrected chi connectivity index (χ1v) is 8.37. The van der Waals surface area contributed by atoms with Crippen LogP contribution in [0.4, 0.5) is 4.39 Å². The third-order valence-corrected chi connectivity index (χ3v) is 5.02. The van der Waals surface area contributed by atoms with Gasteiger partial charge in [0.2, 0.25) is 0 Å². The Hall–Kier alpha value is -0.0600. The molecular weight excluding hydrogens is 313 g/mol. The molecule has 1 nitrogen and oxygen atoms in total. The van der Waals surface area contributed by atoms with Crippen molar-refractivity contribution in [2.75, 3.05) is 18.1 Å². The molecule has 1 atom stereocenters. The van der Waals surface area contributed by atoms with Gasteiger partial charge in [0.25, 0.3) is 0 Å². The molecule has 0 bridgehead atoms. The van der Waals surface area contributed by atoms with Crippen molar-refractivity contribution in [2.45, 2.75) is 25.8 Å². The van der Waals surface area contributed by atoms with Gasteiger partial charge in [-0.1, -0.05) is 15.9 Å². The van der Waals surface area contributed by atoms with Crippen molar-refractivity contribution >= 4 is 27.7 Å². The highest BCUT2D eigenvalue weighted by Gasteiger charge is 2.16. The SMILES string of the molecule is CC(NCC1CCSCC1)c1cc(Br)ccc1F. The van der Waals surface area contributed by atoms with Gasteiger partial charge < -0.3 is 5.32 Å². The second-order valence-electron chi connectivity index (χ2n) is 4.85. The largest absolute Gasteiger partial charge is 0.310 e. The molecule has 1 aromatic rings. The molecule has 1 aliphatic heterocycles. The Morgan fingerprint density at radius 1 is 1.44 bits per heavy atom. The molecule has 1 unspecified atom stereocenters. The van der Waals surface area contributed by atoms with Crippen molar-refractivity contribution < 1.29 is 4.39 Å². The molecule has 1 aliphatic rings. The molecule has 0 saturated carbocycles. The van der Waals surface area contributed by atoms with Crippen molar-refractivity contribution in [2.24, 2.45) is 5.92 Å². The average molecular weight is 332 g/mol. The van der Waals surface area contributed by atoms with Gasteiger partial charge in [-0.25, -0.2) is 4.39 Å². The molecule has 2 rings (SSSR count). The number of nitrogens with one attached hydrogen (secondary N) is 1. The number of halogens is 2. The lowest BCUT2D eigenvalue weighted by molar-refractivity contribution is 0.415. The molecule has 1 N–H and O–H groups in total. The van der Waals surface area contributed by atoms with Crippen LogP contribution in [0.1, 0.15) is 31.4 Å². The summed E-state index contributed by atoms with van der Waals surface area (Å²) in [6.45, 7) is 3.02. The fraction of sp³-hybridized carbons (Fsp3) is 0.571. The van der Waals surface area contributed by atoms with Crippen LogP contribution in [-0.4, -0.2) is 18.1 Å². The van der Waals surface area contributed by atoms with Crippen molar-refractivity contribution in [1.29, 1.82) is 0 Å².